The Morgan fingerprint density at radius 2 is 1.49 bits per heavy atom. The molecular weight excluding hydrogens is 440 g/mol. The van der Waals surface area contributed by atoms with E-state index in [4.69, 9.17) is 9.47 Å². The normalized spacial score (nSPS) is 13.6. The Morgan fingerprint density at radius 3 is 2.03 bits per heavy atom. The quantitative estimate of drug-likeness (QED) is 0.330. The lowest BCUT2D eigenvalue weighted by molar-refractivity contribution is -0.138. The molecule has 0 radical (unpaired) electrons. The number of aryl methyl sites for hydroxylation is 1. The molecule has 0 bridgehead atoms. The van der Waals surface area contributed by atoms with E-state index in [2.05, 4.69) is 12.1 Å². The van der Waals surface area contributed by atoms with Gasteiger partial charge in [-0.25, -0.2) is 0 Å². The number of rotatable bonds is 12. The number of aliphatic hydroxyl groups excluding tert-OH is 1. The first kappa shape index (κ1) is 26.3. The Bertz CT molecular complexity index is 1070. The van der Waals surface area contributed by atoms with E-state index in [1.807, 2.05) is 61.5 Å². The van der Waals surface area contributed by atoms with Gasteiger partial charge in [-0.2, -0.15) is 0 Å². The van der Waals surface area contributed by atoms with E-state index in [9.17, 15) is 15.0 Å². The maximum atomic E-state index is 11.5. The number of hydrogen-bond acceptors (Lipinski definition) is 4. The molecule has 0 spiro atoms. The van der Waals surface area contributed by atoms with E-state index >= 15 is 0 Å². The van der Waals surface area contributed by atoms with Gasteiger partial charge in [0.2, 0.25) is 0 Å². The average Bonchev–Trinajstić information content (AvgIpc) is 2.88. The molecule has 186 valence electrons. The van der Waals surface area contributed by atoms with Crippen molar-refractivity contribution in [2.24, 2.45) is 5.92 Å². The Hall–Kier alpha value is -3.31. The fourth-order valence-electron chi connectivity index (χ4n) is 4.52. The highest BCUT2D eigenvalue weighted by atomic mass is 16.5. The molecule has 5 nitrogen and oxygen atoms in total. The van der Waals surface area contributed by atoms with Crippen molar-refractivity contribution in [3.05, 3.63) is 94.5 Å². The number of hydrogen-bond donors (Lipinski definition) is 2. The number of carboxylic acid groups (broad SMARTS) is 1. The summed E-state index contributed by atoms with van der Waals surface area (Å²) >= 11 is 0. The van der Waals surface area contributed by atoms with Gasteiger partial charge in [-0.05, 0) is 79.8 Å². The molecule has 3 rings (SSSR count). The molecule has 35 heavy (non-hydrogen) atoms. The zero-order valence-electron chi connectivity index (χ0n) is 21.0. The molecule has 2 N–H and O–H groups in total. The molecule has 0 fully saturated rings. The molecular formula is C30H36O5. The predicted molar refractivity (Wildman–Crippen MR) is 138 cm³/mol. The number of aliphatic hydroxyl groups is 1. The van der Waals surface area contributed by atoms with Crippen LogP contribution in [0.1, 0.15) is 59.6 Å². The van der Waals surface area contributed by atoms with Gasteiger partial charge in [0.1, 0.15) is 11.5 Å². The van der Waals surface area contributed by atoms with Crippen molar-refractivity contribution in [1.29, 1.82) is 0 Å². The molecule has 3 atom stereocenters. The standard InChI is InChI=1S/C30H36O5/c1-20(30(32)33)24-15-13-23(14-16-24)17-25(12-8-11-22-9-6-5-7-10-22)29(31)26-18-27(34-3)21(2)28(19-26)35-4/h5-7,9-10,13-16,18-20,25,29,31H,8,11-12,17H2,1-4H3,(H,32,33)/t20?,25-,29-/m0/s1. The smallest absolute Gasteiger partial charge is 0.310 e. The number of carbonyl (C=O) groups is 1. The number of carboxylic acids is 1. The minimum absolute atomic E-state index is 0.0291. The molecule has 0 aliphatic carbocycles. The Kier molecular flexibility index (Phi) is 9.32. The fraction of sp³-hybridized carbons (Fsp3) is 0.367. The third-order valence-corrected chi connectivity index (χ3v) is 6.79. The second kappa shape index (κ2) is 12.4. The Balaban J connectivity index is 1.83. The van der Waals surface area contributed by atoms with E-state index < -0.39 is 18.0 Å². The van der Waals surface area contributed by atoms with Gasteiger partial charge in [0.25, 0.3) is 0 Å². The topological polar surface area (TPSA) is 76.0 Å². The number of methoxy groups -OCH3 is 2. The summed E-state index contributed by atoms with van der Waals surface area (Å²) in [5.74, 6) is -0.0431. The van der Waals surface area contributed by atoms with Crippen LogP contribution in [0.3, 0.4) is 0 Å². The highest BCUT2D eigenvalue weighted by Gasteiger charge is 2.24. The molecule has 3 aromatic carbocycles. The molecule has 0 amide bonds. The Labute approximate surface area is 208 Å². The van der Waals surface area contributed by atoms with E-state index in [0.29, 0.717) is 17.9 Å². The molecule has 0 saturated heterocycles. The summed E-state index contributed by atoms with van der Waals surface area (Å²) in [6.45, 7) is 3.62. The van der Waals surface area contributed by atoms with Crippen molar-refractivity contribution in [3.8, 4) is 11.5 Å². The monoisotopic (exact) mass is 476 g/mol. The van der Waals surface area contributed by atoms with Crippen LogP contribution in [0.15, 0.2) is 66.7 Å². The molecule has 0 aliphatic rings. The zero-order valence-corrected chi connectivity index (χ0v) is 21.0. The maximum Gasteiger partial charge on any atom is 0.310 e. The van der Waals surface area contributed by atoms with Gasteiger partial charge in [0, 0.05) is 5.56 Å². The first-order valence-corrected chi connectivity index (χ1v) is 12.1. The second-order valence-electron chi connectivity index (χ2n) is 9.14. The summed E-state index contributed by atoms with van der Waals surface area (Å²) < 4.78 is 11.1. The fourth-order valence-corrected chi connectivity index (χ4v) is 4.52. The molecule has 0 aromatic heterocycles. The van der Waals surface area contributed by atoms with Crippen LogP contribution in [0, 0.1) is 12.8 Å². The summed E-state index contributed by atoms with van der Waals surface area (Å²) in [6.07, 6.45) is 2.70. The van der Waals surface area contributed by atoms with Crippen LogP contribution in [-0.2, 0) is 17.6 Å². The molecule has 3 aromatic rings. The molecule has 0 aliphatic heterocycles. The van der Waals surface area contributed by atoms with Crippen LogP contribution in [0.5, 0.6) is 11.5 Å². The highest BCUT2D eigenvalue weighted by molar-refractivity contribution is 5.75. The minimum Gasteiger partial charge on any atom is -0.496 e. The summed E-state index contributed by atoms with van der Waals surface area (Å²) in [6, 6.07) is 21.9. The van der Waals surface area contributed by atoms with Crippen LogP contribution in [-0.4, -0.2) is 30.4 Å². The maximum absolute atomic E-state index is 11.5. The first-order chi connectivity index (χ1) is 16.8. The van der Waals surface area contributed by atoms with Gasteiger partial charge in [-0.15, -0.1) is 0 Å². The van der Waals surface area contributed by atoms with Crippen LogP contribution >= 0.6 is 0 Å². The molecule has 0 saturated carbocycles. The number of aliphatic carboxylic acids is 1. The third-order valence-electron chi connectivity index (χ3n) is 6.79. The molecule has 1 unspecified atom stereocenters. The predicted octanol–water partition coefficient (Wildman–Crippen LogP) is 6.12. The number of ether oxygens (including phenoxy) is 2. The van der Waals surface area contributed by atoms with Crippen molar-refractivity contribution in [3.63, 3.8) is 0 Å². The lowest BCUT2D eigenvalue weighted by Gasteiger charge is -2.25. The van der Waals surface area contributed by atoms with Crippen molar-refractivity contribution in [2.45, 2.75) is 51.6 Å². The van der Waals surface area contributed by atoms with Gasteiger partial charge in [0.15, 0.2) is 0 Å². The Morgan fingerprint density at radius 1 is 0.886 bits per heavy atom. The van der Waals surface area contributed by atoms with Gasteiger partial charge >= 0.3 is 5.97 Å². The highest BCUT2D eigenvalue weighted by Crippen LogP contribution is 2.37. The van der Waals surface area contributed by atoms with E-state index in [0.717, 1.165) is 41.5 Å². The second-order valence-corrected chi connectivity index (χ2v) is 9.14. The van der Waals surface area contributed by atoms with E-state index in [-0.39, 0.29) is 5.92 Å². The van der Waals surface area contributed by atoms with Crippen molar-refractivity contribution in [2.75, 3.05) is 14.2 Å². The van der Waals surface area contributed by atoms with Gasteiger partial charge in [-0.1, -0.05) is 54.6 Å². The molecule has 5 heteroatoms. The van der Waals surface area contributed by atoms with E-state index in [1.165, 1.54) is 5.56 Å². The third kappa shape index (κ3) is 6.86. The minimum atomic E-state index is -0.839. The van der Waals surface area contributed by atoms with Crippen molar-refractivity contribution < 1.29 is 24.5 Å². The number of benzene rings is 3. The SMILES string of the molecule is COc1cc([C@@H](O)[C@@H](CCCc2ccccc2)Cc2ccc(C(C)C(=O)O)cc2)cc(OC)c1C. The van der Waals surface area contributed by atoms with E-state index in [1.54, 1.807) is 21.1 Å². The van der Waals surface area contributed by atoms with Crippen LogP contribution < -0.4 is 9.47 Å². The zero-order chi connectivity index (χ0) is 25.4. The summed E-state index contributed by atoms with van der Waals surface area (Å²) in [7, 11) is 3.24. The summed E-state index contributed by atoms with van der Waals surface area (Å²) in [4.78, 5) is 11.3. The van der Waals surface area contributed by atoms with Crippen LogP contribution in [0.2, 0.25) is 0 Å². The van der Waals surface area contributed by atoms with Crippen molar-refractivity contribution >= 4 is 5.97 Å². The van der Waals surface area contributed by atoms with Crippen LogP contribution in [0.4, 0.5) is 0 Å². The van der Waals surface area contributed by atoms with Gasteiger partial charge in [-0.3, -0.25) is 4.79 Å². The molecule has 0 heterocycles. The lowest BCUT2D eigenvalue weighted by Crippen LogP contribution is -2.17. The van der Waals surface area contributed by atoms with Crippen molar-refractivity contribution in [1.82, 2.24) is 0 Å². The van der Waals surface area contributed by atoms with Gasteiger partial charge < -0.3 is 19.7 Å². The summed E-state index contributed by atoms with van der Waals surface area (Å²) in [5, 5.41) is 20.8. The summed E-state index contributed by atoms with van der Waals surface area (Å²) in [5.41, 5.74) is 4.79. The largest absolute Gasteiger partial charge is 0.496 e. The van der Waals surface area contributed by atoms with Gasteiger partial charge in [0.05, 0.1) is 26.2 Å². The first-order valence-electron chi connectivity index (χ1n) is 12.1. The lowest BCUT2D eigenvalue weighted by atomic mass is 9.84. The van der Waals surface area contributed by atoms with Crippen LogP contribution in [0.25, 0.3) is 0 Å². The average molecular weight is 477 g/mol.